The Bertz CT molecular complexity index is 1210. The van der Waals surface area contributed by atoms with Crippen molar-refractivity contribution in [2.75, 3.05) is 23.1 Å². The van der Waals surface area contributed by atoms with Crippen molar-refractivity contribution in [3.05, 3.63) is 94.5 Å². The number of thioether (sulfide) groups is 1. The maximum Gasteiger partial charge on any atom is 0.264 e. The third-order valence-corrected chi connectivity index (χ3v) is 8.35. The summed E-state index contributed by atoms with van der Waals surface area (Å²) in [5, 5.41) is 3.59. The van der Waals surface area contributed by atoms with Crippen LogP contribution >= 0.6 is 23.4 Å². The normalized spacial score (nSPS) is 11.3. The van der Waals surface area contributed by atoms with Gasteiger partial charge in [0.2, 0.25) is 5.91 Å². The lowest BCUT2D eigenvalue weighted by Crippen LogP contribution is -2.41. The van der Waals surface area contributed by atoms with Gasteiger partial charge in [0.05, 0.1) is 10.6 Å². The number of carbonyl (C=O) groups excluding carboxylic acids is 1. The molecule has 0 saturated carbocycles. The Hall–Kier alpha value is -2.48. The second kappa shape index (κ2) is 12.3. The Morgan fingerprint density at radius 3 is 2.44 bits per heavy atom. The second-order valence-corrected chi connectivity index (χ2v) is 11.4. The first-order valence-corrected chi connectivity index (χ1v) is 14.0. The molecule has 0 bridgehead atoms. The lowest BCUT2D eigenvalue weighted by Gasteiger charge is -2.25. The molecule has 0 aliphatic rings. The standard InChI is InChI=1S/C26H29ClN2O3S2/c1-20-11-13-24(14-12-20)34(31,32)29(25-10-4-3-7-21(25)2)18-26(30)28-15-6-16-33-19-22-8-5-9-23(27)17-22/h3-5,7-14,17H,6,15-16,18-19H2,1-2H3,(H,28,30). The summed E-state index contributed by atoms with van der Waals surface area (Å²) >= 11 is 7.78. The fourth-order valence-corrected chi connectivity index (χ4v) is 5.99. The number of nitrogens with zero attached hydrogens (tertiary/aromatic N) is 1. The molecule has 0 aliphatic heterocycles. The lowest BCUT2D eigenvalue weighted by atomic mass is 10.2. The van der Waals surface area contributed by atoms with E-state index >= 15 is 0 Å². The van der Waals surface area contributed by atoms with Gasteiger partial charge in [0.25, 0.3) is 10.0 Å². The van der Waals surface area contributed by atoms with Crippen LogP contribution in [0.2, 0.25) is 5.02 Å². The summed E-state index contributed by atoms with van der Waals surface area (Å²) in [6, 6.07) is 21.6. The van der Waals surface area contributed by atoms with Crippen LogP contribution < -0.4 is 9.62 Å². The Balaban J connectivity index is 1.59. The monoisotopic (exact) mass is 516 g/mol. The van der Waals surface area contributed by atoms with E-state index in [1.54, 1.807) is 48.2 Å². The third-order valence-electron chi connectivity index (χ3n) is 5.23. The van der Waals surface area contributed by atoms with Crippen molar-refractivity contribution in [2.24, 2.45) is 0 Å². The van der Waals surface area contributed by atoms with Gasteiger partial charge in [-0.3, -0.25) is 9.10 Å². The van der Waals surface area contributed by atoms with E-state index in [4.69, 9.17) is 11.6 Å². The van der Waals surface area contributed by atoms with E-state index in [2.05, 4.69) is 5.32 Å². The van der Waals surface area contributed by atoms with Crippen LogP contribution in [0.25, 0.3) is 0 Å². The minimum Gasteiger partial charge on any atom is -0.354 e. The van der Waals surface area contributed by atoms with E-state index in [0.29, 0.717) is 12.2 Å². The molecule has 0 aromatic heterocycles. The molecule has 0 aliphatic carbocycles. The van der Waals surface area contributed by atoms with E-state index in [1.165, 1.54) is 4.31 Å². The molecule has 0 spiro atoms. The smallest absolute Gasteiger partial charge is 0.264 e. The van der Waals surface area contributed by atoms with Crippen LogP contribution in [-0.4, -0.2) is 33.2 Å². The number of para-hydroxylation sites is 1. The van der Waals surface area contributed by atoms with Crippen molar-refractivity contribution in [3.8, 4) is 0 Å². The molecule has 34 heavy (non-hydrogen) atoms. The van der Waals surface area contributed by atoms with Gasteiger partial charge < -0.3 is 5.32 Å². The van der Waals surface area contributed by atoms with Crippen molar-refractivity contribution in [2.45, 2.75) is 30.9 Å². The van der Waals surface area contributed by atoms with Gasteiger partial charge in [-0.2, -0.15) is 11.8 Å². The van der Waals surface area contributed by atoms with Gasteiger partial charge in [0.1, 0.15) is 6.54 Å². The summed E-state index contributed by atoms with van der Waals surface area (Å²) in [6.07, 6.45) is 0.784. The molecule has 1 N–H and O–H groups in total. The minimum atomic E-state index is -3.90. The molecule has 180 valence electrons. The zero-order valence-corrected chi connectivity index (χ0v) is 21.7. The molecule has 0 saturated heterocycles. The second-order valence-electron chi connectivity index (χ2n) is 8.00. The predicted molar refractivity (Wildman–Crippen MR) is 142 cm³/mol. The van der Waals surface area contributed by atoms with Crippen molar-refractivity contribution < 1.29 is 13.2 Å². The maximum absolute atomic E-state index is 13.4. The zero-order chi connectivity index (χ0) is 24.6. The summed E-state index contributed by atoms with van der Waals surface area (Å²) in [4.78, 5) is 12.9. The first-order chi connectivity index (χ1) is 16.3. The number of aryl methyl sites for hydroxylation is 2. The van der Waals surface area contributed by atoms with Crippen LogP contribution in [-0.2, 0) is 20.6 Å². The van der Waals surface area contributed by atoms with E-state index in [9.17, 15) is 13.2 Å². The van der Waals surface area contributed by atoms with Crippen molar-refractivity contribution in [1.82, 2.24) is 5.32 Å². The number of hydrogen-bond donors (Lipinski definition) is 1. The maximum atomic E-state index is 13.4. The van der Waals surface area contributed by atoms with Gasteiger partial charge in [-0.1, -0.05) is 59.6 Å². The highest BCUT2D eigenvalue weighted by atomic mass is 35.5. The van der Waals surface area contributed by atoms with Crippen LogP contribution in [0.5, 0.6) is 0 Å². The number of anilines is 1. The van der Waals surface area contributed by atoms with Gasteiger partial charge in [-0.25, -0.2) is 8.42 Å². The predicted octanol–water partition coefficient (Wildman–Crippen LogP) is 5.59. The Morgan fingerprint density at radius 1 is 1.00 bits per heavy atom. The number of nitrogens with one attached hydrogen (secondary N) is 1. The zero-order valence-electron chi connectivity index (χ0n) is 19.3. The molecular weight excluding hydrogens is 488 g/mol. The van der Waals surface area contributed by atoms with Crippen molar-refractivity contribution in [3.63, 3.8) is 0 Å². The molecule has 0 unspecified atom stereocenters. The van der Waals surface area contributed by atoms with E-state index in [-0.39, 0.29) is 17.3 Å². The summed E-state index contributed by atoms with van der Waals surface area (Å²) in [6.45, 7) is 3.93. The molecule has 0 atom stereocenters. The average molecular weight is 517 g/mol. The molecule has 0 radical (unpaired) electrons. The molecular formula is C26H29ClN2O3S2. The van der Waals surface area contributed by atoms with Crippen LogP contribution in [0.3, 0.4) is 0 Å². The number of benzene rings is 3. The highest BCUT2D eigenvalue weighted by Crippen LogP contribution is 2.26. The van der Waals surface area contributed by atoms with E-state index < -0.39 is 10.0 Å². The molecule has 0 fully saturated rings. The number of halogens is 1. The lowest BCUT2D eigenvalue weighted by molar-refractivity contribution is -0.119. The molecule has 3 aromatic rings. The van der Waals surface area contributed by atoms with Gasteiger partial charge in [-0.15, -0.1) is 0 Å². The number of sulfonamides is 1. The summed E-state index contributed by atoms with van der Waals surface area (Å²) in [5.74, 6) is 1.39. The van der Waals surface area contributed by atoms with E-state index in [0.717, 1.165) is 39.6 Å². The van der Waals surface area contributed by atoms with Crippen LogP contribution in [0.4, 0.5) is 5.69 Å². The third kappa shape index (κ3) is 7.26. The number of amides is 1. The Labute approximate surface area is 211 Å². The first kappa shape index (κ1) is 26.1. The summed E-state index contributed by atoms with van der Waals surface area (Å²) in [7, 11) is -3.90. The molecule has 3 rings (SSSR count). The van der Waals surface area contributed by atoms with Gasteiger partial charge in [0, 0.05) is 17.3 Å². The topological polar surface area (TPSA) is 66.5 Å². The Kier molecular flexibility index (Phi) is 9.45. The number of carbonyl (C=O) groups is 1. The summed E-state index contributed by atoms with van der Waals surface area (Å²) in [5.41, 5.74) is 3.41. The number of rotatable bonds is 11. The van der Waals surface area contributed by atoms with Gasteiger partial charge >= 0.3 is 0 Å². The molecule has 3 aromatic carbocycles. The fourth-order valence-electron chi connectivity index (χ4n) is 3.39. The summed E-state index contributed by atoms with van der Waals surface area (Å²) < 4.78 is 28.1. The molecule has 5 nitrogen and oxygen atoms in total. The van der Waals surface area contributed by atoms with Gasteiger partial charge in [-0.05, 0) is 67.5 Å². The quantitative estimate of drug-likeness (QED) is 0.337. The highest BCUT2D eigenvalue weighted by molar-refractivity contribution is 7.98. The van der Waals surface area contributed by atoms with E-state index in [1.807, 2.05) is 50.2 Å². The highest BCUT2D eigenvalue weighted by Gasteiger charge is 2.28. The van der Waals surface area contributed by atoms with Crippen LogP contribution in [0.1, 0.15) is 23.1 Å². The largest absolute Gasteiger partial charge is 0.354 e. The van der Waals surface area contributed by atoms with Crippen molar-refractivity contribution >= 4 is 45.0 Å². The Morgan fingerprint density at radius 2 is 1.74 bits per heavy atom. The molecule has 8 heteroatoms. The fraction of sp³-hybridized carbons (Fsp3) is 0.269. The van der Waals surface area contributed by atoms with Crippen molar-refractivity contribution in [1.29, 1.82) is 0 Å². The number of hydrogen-bond acceptors (Lipinski definition) is 4. The van der Waals surface area contributed by atoms with Gasteiger partial charge in [0.15, 0.2) is 0 Å². The molecule has 0 heterocycles. The average Bonchev–Trinajstić information content (AvgIpc) is 2.80. The first-order valence-electron chi connectivity index (χ1n) is 11.0. The van der Waals surface area contributed by atoms with Crippen LogP contribution in [0.15, 0.2) is 77.7 Å². The van der Waals surface area contributed by atoms with Crippen LogP contribution in [0, 0.1) is 13.8 Å². The molecule has 1 amide bonds. The SMILES string of the molecule is Cc1ccc(S(=O)(=O)N(CC(=O)NCCCSCc2cccc(Cl)c2)c2ccccc2C)cc1. The minimum absolute atomic E-state index is 0.159.